The SMILES string of the molecule is CC(NCc1nnc(-c2ccccc2)o1)c1ccccc1. The Morgan fingerprint density at radius 2 is 1.62 bits per heavy atom. The first kappa shape index (κ1) is 13.5. The highest BCUT2D eigenvalue weighted by molar-refractivity contribution is 5.51. The quantitative estimate of drug-likeness (QED) is 0.775. The molecule has 0 aliphatic rings. The normalized spacial score (nSPS) is 12.2. The summed E-state index contributed by atoms with van der Waals surface area (Å²) in [7, 11) is 0. The molecule has 1 aromatic heterocycles. The van der Waals surface area contributed by atoms with Gasteiger partial charge in [-0.05, 0) is 24.6 Å². The number of hydrogen-bond acceptors (Lipinski definition) is 4. The molecular weight excluding hydrogens is 262 g/mol. The van der Waals surface area contributed by atoms with Crippen LogP contribution in [-0.4, -0.2) is 10.2 Å². The van der Waals surface area contributed by atoms with Crippen molar-refractivity contribution in [2.75, 3.05) is 0 Å². The van der Waals surface area contributed by atoms with Crippen LogP contribution in [0.2, 0.25) is 0 Å². The Balaban J connectivity index is 1.63. The zero-order valence-corrected chi connectivity index (χ0v) is 11.9. The molecule has 3 rings (SSSR count). The van der Waals surface area contributed by atoms with E-state index in [-0.39, 0.29) is 6.04 Å². The standard InChI is InChI=1S/C17H17N3O/c1-13(14-8-4-2-5-9-14)18-12-16-19-20-17(21-16)15-10-6-3-7-11-15/h2-11,13,18H,12H2,1H3. The Kier molecular flexibility index (Phi) is 4.07. The van der Waals surface area contributed by atoms with Crippen LogP contribution in [0.3, 0.4) is 0 Å². The van der Waals surface area contributed by atoms with Crippen LogP contribution >= 0.6 is 0 Å². The topological polar surface area (TPSA) is 51.0 Å². The third-order valence-corrected chi connectivity index (χ3v) is 3.35. The Morgan fingerprint density at radius 3 is 2.33 bits per heavy atom. The summed E-state index contributed by atoms with van der Waals surface area (Å²) in [6, 6.07) is 20.3. The van der Waals surface area contributed by atoms with Crippen molar-refractivity contribution in [1.82, 2.24) is 15.5 Å². The van der Waals surface area contributed by atoms with E-state index in [1.54, 1.807) is 0 Å². The molecule has 106 valence electrons. The van der Waals surface area contributed by atoms with Crippen LogP contribution in [0.5, 0.6) is 0 Å². The summed E-state index contributed by atoms with van der Waals surface area (Å²) in [5.74, 6) is 1.15. The molecule has 0 saturated heterocycles. The number of benzene rings is 2. The fraction of sp³-hybridized carbons (Fsp3) is 0.176. The van der Waals surface area contributed by atoms with Crippen molar-refractivity contribution in [3.8, 4) is 11.5 Å². The summed E-state index contributed by atoms with van der Waals surface area (Å²) in [5.41, 5.74) is 2.17. The predicted octanol–water partition coefficient (Wildman–Crippen LogP) is 3.59. The summed E-state index contributed by atoms with van der Waals surface area (Å²) in [6.07, 6.45) is 0. The average Bonchev–Trinajstić information content (AvgIpc) is 3.03. The maximum atomic E-state index is 5.67. The molecule has 1 heterocycles. The van der Waals surface area contributed by atoms with Crippen LogP contribution in [0.4, 0.5) is 0 Å². The van der Waals surface area contributed by atoms with Gasteiger partial charge in [-0.2, -0.15) is 0 Å². The van der Waals surface area contributed by atoms with Gasteiger partial charge in [-0.25, -0.2) is 0 Å². The first-order valence-corrected chi connectivity index (χ1v) is 6.99. The Hall–Kier alpha value is -2.46. The number of hydrogen-bond donors (Lipinski definition) is 1. The van der Waals surface area contributed by atoms with Crippen molar-refractivity contribution in [2.24, 2.45) is 0 Å². The molecule has 2 aromatic carbocycles. The molecule has 0 amide bonds. The van der Waals surface area contributed by atoms with Crippen LogP contribution in [0.25, 0.3) is 11.5 Å². The number of nitrogens with one attached hydrogen (secondary N) is 1. The fourth-order valence-electron chi connectivity index (χ4n) is 2.12. The molecule has 0 radical (unpaired) electrons. The molecule has 3 aromatic rings. The number of aromatic nitrogens is 2. The van der Waals surface area contributed by atoms with E-state index < -0.39 is 0 Å². The van der Waals surface area contributed by atoms with Crippen molar-refractivity contribution in [3.05, 3.63) is 72.1 Å². The van der Waals surface area contributed by atoms with E-state index in [2.05, 4.69) is 34.6 Å². The Bertz CT molecular complexity index is 680. The summed E-state index contributed by atoms with van der Waals surface area (Å²) in [4.78, 5) is 0. The molecule has 4 heteroatoms. The van der Waals surface area contributed by atoms with Gasteiger partial charge in [-0.1, -0.05) is 48.5 Å². The van der Waals surface area contributed by atoms with Crippen molar-refractivity contribution < 1.29 is 4.42 Å². The van der Waals surface area contributed by atoms with Crippen molar-refractivity contribution >= 4 is 0 Å². The van der Waals surface area contributed by atoms with E-state index in [1.165, 1.54) is 5.56 Å². The van der Waals surface area contributed by atoms with E-state index in [4.69, 9.17) is 4.42 Å². The fourth-order valence-corrected chi connectivity index (χ4v) is 2.12. The minimum atomic E-state index is 0.235. The van der Waals surface area contributed by atoms with Gasteiger partial charge in [0.15, 0.2) is 0 Å². The van der Waals surface area contributed by atoms with Gasteiger partial charge in [0.05, 0.1) is 6.54 Å². The maximum Gasteiger partial charge on any atom is 0.247 e. The summed E-state index contributed by atoms with van der Waals surface area (Å²) in [6.45, 7) is 2.67. The van der Waals surface area contributed by atoms with Crippen molar-refractivity contribution in [3.63, 3.8) is 0 Å². The number of nitrogens with zero attached hydrogens (tertiary/aromatic N) is 2. The van der Waals surface area contributed by atoms with Gasteiger partial charge in [0.25, 0.3) is 0 Å². The molecule has 0 aliphatic carbocycles. The third-order valence-electron chi connectivity index (χ3n) is 3.35. The lowest BCUT2D eigenvalue weighted by Crippen LogP contribution is -2.18. The van der Waals surface area contributed by atoms with Gasteiger partial charge in [0.2, 0.25) is 11.8 Å². The minimum absolute atomic E-state index is 0.235. The van der Waals surface area contributed by atoms with Crippen LogP contribution in [0.15, 0.2) is 65.1 Å². The second-order valence-corrected chi connectivity index (χ2v) is 4.88. The smallest absolute Gasteiger partial charge is 0.247 e. The zero-order chi connectivity index (χ0) is 14.5. The summed E-state index contributed by atoms with van der Waals surface area (Å²) < 4.78 is 5.67. The second kappa shape index (κ2) is 6.33. The Labute approximate surface area is 123 Å². The molecular formula is C17H17N3O. The molecule has 0 aliphatic heterocycles. The molecule has 1 atom stereocenters. The molecule has 1 unspecified atom stereocenters. The first-order valence-electron chi connectivity index (χ1n) is 6.99. The van der Waals surface area contributed by atoms with E-state index in [1.807, 2.05) is 48.5 Å². The van der Waals surface area contributed by atoms with Crippen LogP contribution in [0.1, 0.15) is 24.4 Å². The molecule has 21 heavy (non-hydrogen) atoms. The maximum absolute atomic E-state index is 5.67. The van der Waals surface area contributed by atoms with Gasteiger partial charge in [0.1, 0.15) is 0 Å². The summed E-state index contributed by atoms with van der Waals surface area (Å²) in [5, 5.41) is 11.5. The van der Waals surface area contributed by atoms with Gasteiger partial charge in [-0.15, -0.1) is 10.2 Å². The number of rotatable bonds is 5. The molecule has 4 nitrogen and oxygen atoms in total. The molecule has 0 fully saturated rings. The minimum Gasteiger partial charge on any atom is -0.419 e. The molecule has 0 spiro atoms. The second-order valence-electron chi connectivity index (χ2n) is 4.88. The van der Waals surface area contributed by atoms with Gasteiger partial charge in [0, 0.05) is 11.6 Å². The van der Waals surface area contributed by atoms with Gasteiger partial charge < -0.3 is 9.73 Å². The largest absolute Gasteiger partial charge is 0.419 e. The van der Waals surface area contributed by atoms with Gasteiger partial charge >= 0.3 is 0 Å². The first-order chi connectivity index (χ1) is 10.3. The summed E-state index contributed by atoms with van der Waals surface area (Å²) >= 11 is 0. The highest BCUT2D eigenvalue weighted by Gasteiger charge is 2.10. The lowest BCUT2D eigenvalue weighted by molar-refractivity contribution is 0.454. The van der Waals surface area contributed by atoms with E-state index >= 15 is 0 Å². The molecule has 0 bridgehead atoms. The van der Waals surface area contributed by atoms with Crippen molar-refractivity contribution in [1.29, 1.82) is 0 Å². The highest BCUT2D eigenvalue weighted by Crippen LogP contribution is 2.17. The van der Waals surface area contributed by atoms with Gasteiger partial charge in [-0.3, -0.25) is 0 Å². The van der Waals surface area contributed by atoms with Crippen molar-refractivity contribution in [2.45, 2.75) is 19.5 Å². The average molecular weight is 279 g/mol. The molecule has 1 N–H and O–H groups in total. The van der Waals surface area contributed by atoms with Crippen LogP contribution < -0.4 is 5.32 Å². The monoisotopic (exact) mass is 279 g/mol. The zero-order valence-electron chi connectivity index (χ0n) is 11.9. The lowest BCUT2D eigenvalue weighted by atomic mass is 10.1. The Morgan fingerprint density at radius 1 is 0.952 bits per heavy atom. The third kappa shape index (κ3) is 3.35. The predicted molar refractivity (Wildman–Crippen MR) is 81.4 cm³/mol. The van der Waals surface area contributed by atoms with E-state index in [9.17, 15) is 0 Å². The molecule has 0 saturated carbocycles. The van der Waals surface area contributed by atoms with E-state index in [0.29, 0.717) is 18.3 Å². The highest BCUT2D eigenvalue weighted by atomic mass is 16.4. The van der Waals surface area contributed by atoms with Crippen LogP contribution in [0, 0.1) is 0 Å². The lowest BCUT2D eigenvalue weighted by Gasteiger charge is -2.12. The van der Waals surface area contributed by atoms with E-state index in [0.717, 1.165) is 5.56 Å². The van der Waals surface area contributed by atoms with Crippen LogP contribution in [-0.2, 0) is 6.54 Å².